The number of carboxylic acid groups (broad SMARTS) is 1. The third-order valence-electron chi connectivity index (χ3n) is 5.07. The highest BCUT2D eigenvalue weighted by Gasteiger charge is 2.37. The van der Waals surface area contributed by atoms with E-state index >= 15 is 0 Å². The number of carbonyl (C=O) groups is 1. The summed E-state index contributed by atoms with van der Waals surface area (Å²) in [7, 11) is 0. The van der Waals surface area contributed by atoms with Gasteiger partial charge in [-0.25, -0.2) is 18.6 Å². The Hall–Kier alpha value is -1.76. The van der Waals surface area contributed by atoms with Gasteiger partial charge in [0.15, 0.2) is 0 Å². The van der Waals surface area contributed by atoms with Crippen LogP contribution in [0.15, 0.2) is 6.07 Å². The fourth-order valence-electron chi connectivity index (χ4n) is 3.48. The van der Waals surface area contributed by atoms with Gasteiger partial charge in [0, 0.05) is 30.4 Å². The van der Waals surface area contributed by atoms with Crippen LogP contribution in [0.5, 0.6) is 5.75 Å². The number of nitrogens with zero attached hydrogens (tertiary/aromatic N) is 1. The Labute approximate surface area is 145 Å². The van der Waals surface area contributed by atoms with Crippen molar-refractivity contribution in [3.05, 3.63) is 23.0 Å². The van der Waals surface area contributed by atoms with Gasteiger partial charge in [0.2, 0.25) is 5.92 Å². The van der Waals surface area contributed by atoms with E-state index in [1.54, 1.807) is 0 Å². The molecule has 1 aromatic rings. The molecule has 1 fully saturated rings. The number of ether oxygens (including phenoxy) is 1. The monoisotopic (exact) mass is 354 g/mol. The molecule has 7 heteroatoms. The number of fused-ring (bicyclic) bond motifs is 1. The first-order valence-corrected chi connectivity index (χ1v) is 8.67. The van der Waals surface area contributed by atoms with Gasteiger partial charge >= 0.3 is 5.97 Å². The Morgan fingerprint density at radius 1 is 1.40 bits per heavy atom. The van der Waals surface area contributed by atoms with Crippen LogP contribution < -0.4 is 10.1 Å². The highest BCUT2D eigenvalue weighted by atomic mass is 19.3. The zero-order chi connectivity index (χ0) is 18.2. The summed E-state index contributed by atoms with van der Waals surface area (Å²) in [6.07, 6.45) is 0.922. The maximum Gasteiger partial charge on any atom is 0.354 e. The van der Waals surface area contributed by atoms with Gasteiger partial charge in [-0.2, -0.15) is 0 Å². The van der Waals surface area contributed by atoms with E-state index < -0.39 is 11.9 Å². The smallest absolute Gasteiger partial charge is 0.354 e. The van der Waals surface area contributed by atoms with E-state index in [2.05, 4.69) is 10.3 Å². The second-order valence-corrected chi connectivity index (χ2v) is 7.75. The van der Waals surface area contributed by atoms with Crippen LogP contribution in [0.1, 0.15) is 61.3 Å². The van der Waals surface area contributed by atoms with Crippen LogP contribution in [0.25, 0.3) is 0 Å². The SMILES string of the molecule is CC1(C)COc2c(CNCC3CCC(F)(F)CC3)cc(C(=O)O)nc21. The molecule has 0 radical (unpaired) electrons. The summed E-state index contributed by atoms with van der Waals surface area (Å²) >= 11 is 0. The molecule has 5 nitrogen and oxygen atoms in total. The molecule has 3 rings (SSSR count). The van der Waals surface area contributed by atoms with Gasteiger partial charge in [0.05, 0.1) is 12.3 Å². The summed E-state index contributed by atoms with van der Waals surface area (Å²) in [6.45, 7) is 5.48. The molecule has 1 aliphatic carbocycles. The lowest BCUT2D eigenvalue weighted by Gasteiger charge is -2.28. The quantitative estimate of drug-likeness (QED) is 0.848. The van der Waals surface area contributed by atoms with Gasteiger partial charge in [-0.05, 0) is 31.4 Å². The molecular formula is C18H24F2N2O3. The molecule has 0 unspecified atom stereocenters. The number of aromatic carboxylic acids is 1. The van der Waals surface area contributed by atoms with Crippen LogP contribution in [-0.2, 0) is 12.0 Å². The summed E-state index contributed by atoms with van der Waals surface area (Å²) in [5, 5.41) is 12.6. The van der Waals surface area contributed by atoms with E-state index in [-0.39, 0.29) is 29.9 Å². The predicted octanol–water partition coefficient (Wildman–Crippen LogP) is 3.36. The highest BCUT2D eigenvalue weighted by Crippen LogP contribution is 2.40. The van der Waals surface area contributed by atoms with Crippen molar-refractivity contribution in [3.8, 4) is 5.75 Å². The topological polar surface area (TPSA) is 71.5 Å². The van der Waals surface area contributed by atoms with Crippen LogP contribution in [-0.4, -0.2) is 35.1 Å². The molecule has 1 saturated carbocycles. The molecular weight excluding hydrogens is 330 g/mol. The van der Waals surface area contributed by atoms with E-state index in [0.29, 0.717) is 44.0 Å². The molecule has 1 aliphatic heterocycles. The maximum atomic E-state index is 13.2. The first kappa shape index (κ1) is 18.0. The van der Waals surface area contributed by atoms with E-state index in [4.69, 9.17) is 4.74 Å². The van der Waals surface area contributed by atoms with Crippen molar-refractivity contribution in [2.45, 2.75) is 57.4 Å². The van der Waals surface area contributed by atoms with Crippen molar-refractivity contribution in [2.24, 2.45) is 5.92 Å². The molecule has 0 aromatic carbocycles. The van der Waals surface area contributed by atoms with Crippen molar-refractivity contribution >= 4 is 5.97 Å². The second kappa shape index (κ2) is 6.52. The zero-order valence-electron chi connectivity index (χ0n) is 14.6. The Kier molecular flexibility index (Phi) is 4.70. The number of rotatable bonds is 5. The average molecular weight is 354 g/mol. The maximum absolute atomic E-state index is 13.2. The molecule has 138 valence electrons. The minimum Gasteiger partial charge on any atom is -0.490 e. The Morgan fingerprint density at radius 2 is 2.08 bits per heavy atom. The fraction of sp³-hybridized carbons (Fsp3) is 0.667. The molecule has 2 aliphatic rings. The van der Waals surface area contributed by atoms with Crippen molar-refractivity contribution in [1.29, 1.82) is 0 Å². The van der Waals surface area contributed by atoms with Crippen LogP contribution in [0, 0.1) is 5.92 Å². The molecule has 2 heterocycles. The first-order valence-electron chi connectivity index (χ1n) is 8.67. The summed E-state index contributed by atoms with van der Waals surface area (Å²) in [5.41, 5.74) is 1.10. The molecule has 1 aromatic heterocycles. The van der Waals surface area contributed by atoms with Crippen molar-refractivity contribution in [3.63, 3.8) is 0 Å². The van der Waals surface area contributed by atoms with Gasteiger partial charge in [0.25, 0.3) is 0 Å². The number of aromatic nitrogens is 1. The van der Waals surface area contributed by atoms with Gasteiger partial charge < -0.3 is 15.2 Å². The van der Waals surface area contributed by atoms with Crippen LogP contribution in [0.3, 0.4) is 0 Å². The summed E-state index contributed by atoms with van der Waals surface area (Å²) in [6, 6.07) is 1.53. The van der Waals surface area contributed by atoms with E-state index in [1.165, 1.54) is 6.07 Å². The van der Waals surface area contributed by atoms with E-state index in [0.717, 1.165) is 5.56 Å². The lowest BCUT2D eigenvalue weighted by molar-refractivity contribution is -0.0455. The van der Waals surface area contributed by atoms with Crippen LogP contribution in [0.4, 0.5) is 8.78 Å². The standard InChI is InChI=1S/C18H24F2N2O3/c1-17(2)10-25-14-12(7-13(16(23)24)22-15(14)17)9-21-8-11-3-5-18(19,20)6-4-11/h7,11,21H,3-6,8-10H2,1-2H3,(H,23,24). The van der Waals surface area contributed by atoms with E-state index in [1.807, 2.05) is 13.8 Å². The molecule has 0 spiro atoms. The lowest BCUT2D eigenvalue weighted by Crippen LogP contribution is -2.30. The van der Waals surface area contributed by atoms with Crippen LogP contribution >= 0.6 is 0 Å². The molecule has 0 bridgehead atoms. The fourth-order valence-corrected chi connectivity index (χ4v) is 3.48. The number of carboxylic acids is 1. The Morgan fingerprint density at radius 3 is 2.72 bits per heavy atom. The number of hydrogen-bond acceptors (Lipinski definition) is 4. The minimum atomic E-state index is -2.52. The zero-order valence-corrected chi connectivity index (χ0v) is 14.6. The summed E-state index contributed by atoms with van der Waals surface area (Å²) in [4.78, 5) is 15.6. The normalized spacial score (nSPS) is 21.6. The highest BCUT2D eigenvalue weighted by molar-refractivity contribution is 5.86. The van der Waals surface area contributed by atoms with Gasteiger partial charge in [-0.15, -0.1) is 0 Å². The molecule has 0 amide bonds. The second-order valence-electron chi connectivity index (χ2n) is 7.75. The third-order valence-corrected chi connectivity index (χ3v) is 5.07. The van der Waals surface area contributed by atoms with Crippen molar-refractivity contribution in [2.75, 3.05) is 13.2 Å². The molecule has 0 atom stereocenters. The number of nitrogens with one attached hydrogen (secondary N) is 1. The van der Waals surface area contributed by atoms with Crippen LogP contribution in [0.2, 0.25) is 0 Å². The van der Waals surface area contributed by atoms with Gasteiger partial charge in [0.1, 0.15) is 11.4 Å². The minimum absolute atomic E-state index is 0.00596. The first-order chi connectivity index (χ1) is 11.7. The van der Waals surface area contributed by atoms with E-state index in [9.17, 15) is 18.7 Å². The molecule has 2 N–H and O–H groups in total. The number of pyridine rings is 1. The van der Waals surface area contributed by atoms with Crippen molar-refractivity contribution < 1.29 is 23.4 Å². The lowest BCUT2D eigenvalue weighted by atomic mass is 9.87. The van der Waals surface area contributed by atoms with Crippen molar-refractivity contribution in [1.82, 2.24) is 10.3 Å². The number of alkyl halides is 2. The predicted molar refractivity (Wildman–Crippen MR) is 88.3 cm³/mol. The molecule has 0 saturated heterocycles. The molecule has 25 heavy (non-hydrogen) atoms. The number of hydrogen-bond donors (Lipinski definition) is 2. The van der Waals surface area contributed by atoms with Gasteiger partial charge in [-0.1, -0.05) is 13.8 Å². The Balaban J connectivity index is 1.68. The largest absolute Gasteiger partial charge is 0.490 e. The third kappa shape index (κ3) is 3.92. The van der Waals surface area contributed by atoms with Gasteiger partial charge in [-0.3, -0.25) is 0 Å². The Bertz CT molecular complexity index is 667. The average Bonchev–Trinajstić information content (AvgIpc) is 2.84. The number of halogens is 2. The summed E-state index contributed by atoms with van der Waals surface area (Å²) < 4.78 is 32.2. The summed E-state index contributed by atoms with van der Waals surface area (Å²) in [5.74, 6) is -2.71.